The molecular weight excluding hydrogens is 364 g/mol. The van der Waals surface area contributed by atoms with E-state index in [2.05, 4.69) is 34.7 Å². The van der Waals surface area contributed by atoms with Gasteiger partial charge in [-0.2, -0.15) is 5.10 Å². The highest BCUT2D eigenvalue weighted by atomic mass is 35.5. The molecule has 3 N–H and O–H groups in total. The van der Waals surface area contributed by atoms with Gasteiger partial charge in [-0.05, 0) is 18.9 Å². The maximum absolute atomic E-state index is 12.9. The molecule has 0 aliphatic carbocycles. The van der Waals surface area contributed by atoms with Crippen molar-refractivity contribution in [2.45, 2.75) is 39.8 Å². The van der Waals surface area contributed by atoms with Gasteiger partial charge in [-0.3, -0.25) is 9.89 Å². The van der Waals surface area contributed by atoms with Crippen LogP contribution >= 0.6 is 12.4 Å². The van der Waals surface area contributed by atoms with Gasteiger partial charge in [0.05, 0.1) is 6.04 Å². The Labute approximate surface area is 164 Å². The molecule has 27 heavy (non-hydrogen) atoms. The lowest BCUT2D eigenvalue weighted by molar-refractivity contribution is 0.0912. The van der Waals surface area contributed by atoms with Gasteiger partial charge in [-0.15, -0.1) is 12.4 Å². The van der Waals surface area contributed by atoms with Gasteiger partial charge in [0.15, 0.2) is 5.69 Å². The van der Waals surface area contributed by atoms with Crippen molar-refractivity contribution in [3.63, 3.8) is 0 Å². The molecule has 1 unspecified atom stereocenters. The molecule has 7 heteroatoms. The van der Waals surface area contributed by atoms with Crippen molar-refractivity contribution in [1.29, 1.82) is 0 Å². The fourth-order valence-corrected chi connectivity index (χ4v) is 3.65. The molecule has 1 aliphatic rings. The number of amides is 1. The van der Waals surface area contributed by atoms with Crippen molar-refractivity contribution in [2.24, 2.45) is 5.92 Å². The van der Waals surface area contributed by atoms with Crippen LogP contribution in [0.25, 0.3) is 11.0 Å². The topological polar surface area (TPSA) is 83.0 Å². The zero-order valence-corrected chi connectivity index (χ0v) is 16.6. The quantitative estimate of drug-likeness (QED) is 0.637. The van der Waals surface area contributed by atoms with E-state index in [9.17, 15) is 4.79 Å². The number of hydrogen-bond donors (Lipinski definition) is 3. The predicted molar refractivity (Wildman–Crippen MR) is 107 cm³/mol. The van der Waals surface area contributed by atoms with Crippen molar-refractivity contribution in [1.82, 2.24) is 20.8 Å². The van der Waals surface area contributed by atoms with E-state index in [0.29, 0.717) is 12.2 Å². The minimum Gasteiger partial charge on any atom is -0.459 e. The number of benzene rings is 1. The zero-order valence-electron chi connectivity index (χ0n) is 15.8. The second kappa shape index (κ2) is 7.74. The highest BCUT2D eigenvalue weighted by Gasteiger charge is 2.28. The lowest BCUT2D eigenvalue weighted by Gasteiger charge is -2.21. The first-order chi connectivity index (χ1) is 12.6. The van der Waals surface area contributed by atoms with Crippen LogP contribution in [0.2, 0.25) is 0 Å². The van der Waals surface area contributed by atoms with Crippen LogP contribution < -0.4 is 10.6 Å². The van der Waals surface area contributed by atoms with Gasteiger partial charge in [-0.1, -0.05) is 32.0 Å². The molecule has 0 saturated heterocycles. The lowest BCUT2D eigenvalue weighted by atomic mass is 9.97. The second-order valence-corrected chi connectivity index (χ2v) is 7.24. The van der Waals surface area contributed by atoms with E-state index < -0.39 is 0 Å². The summed E-state index contributed by atoms with van der Waals surface area (Å²) in [7, 11) is 0. The van der Waals surface area contributed by atoms with Gasteiger partial charge >= 0.3 is 0 Å². The van der Waals surface area contributed by atoms with Crippen LogP contribution in [0.5, 0.6) is 0 Å². The first kappa shape index (κ1) is 19.5. The summed E-state index contributed by atoms with van der Waals surface area (Å²) in [5, 5.41) is 14.8. The number of carbonyl (C=O) groups excluding carboxylic acids is 1. The molecule has 1 atom stereocenters. The Hall–Kier alpha value is -2.31. The first-order valence-corrected chi connectivity index (χ1v) is 9.12. The molecule has 2 aromatic heterocycles. The van der Waals surface area contributed by atoms with Gasteiger partial charge in [0.1, 0.15) is 11.3 Å². The lowest BCUT2D eigenvalue weighted by Crippen LogP contribution is -2.33. The number of nitrogens with zero attached hydrogens (tertiary/aromatic N) is 1. The fraction of sp³-hybridized carbons (Fsp3) is 0.400. The van der Waals surface area contributed by atoms with E-state index in [0.717, 1.165) is 46.5 Å². The van der Waals surface area contributed by atoms with Gasteiger partial charge < -0.3 is 15.1 Å². The maximum atomic E-state index is 12.9. The van der Waals surface area contributed by atoms with Crippen molar-refractivity contribution in [3.05, 3.63) is 52.5 Å². The number of carbonyl (C=O) groups is 1. The van der Waals surface area contributed by atoms with Crippen molar-refractivity contribution >= 4 is 29.3 Å². The highest BCUT2D eigenvalue weighted by Crippen LogP contribution is 2.33. The number of furan rings is 1. The molecule has 6 nitrogen and oxygen atoms in total. The summed E-state index contributed by atoms with van der Waals surface area (Å²) in [6.45, 7) is 7.79. The number of hydrogen-bond acceptors (Lipinski definition) is 4. The summed E-state index contributed by atoms with van der Waals surface area (Å²) in [5.41, 5.74) is 4.42. The Bertz CT molecular complexity index is 960. The maximum Gasteiger partial charge on any atom is 0.272 e. The van der Waals surface area contributed by atoms with Gasteiger partial charge in [0.2, 0.25) is 0 Å². The normalized spacial score (nSPS) is 14.7. The second-order valence-electron chi connectivity index (χ2n) is 7.24. The summed E-state index contributed by atoms with van der Waals surface area (Å²) < 4.78 is 6.10. The molecule has 1 aliphatic heterocycles. The molecule has 0 fully saturated rings. The number of H-pyrrole nitrogens is 1. The molecule has 0 radical (unpaired) electrons. The van der Waals surface area contributed by atoms with Crippen LogP contribution in [0.1, 0.15) is 53.0 Å². The third-order valence-corrected chi connectivity index (χ3v) is 5.14. The monoisotopic (exact) mass is 388 g/mol. The Kier molecular flexibility index (Phi) is 5.58. The Morgan fingerprint density at radius 1 is 1.30 bits per heavy atom. The van der Waals surface area contributed by atoms with Gasteiger partial charge in [-0.25, -0.2) is 0 Å². The third-order valence-electron chi connectivity index (χ3n) is 5.14. The van der Waals surface area contributed by atoms with E-state index in [4.69, 9.17) is 4.42 Å². The van der Waals surface area contributed by atoms with Crippen molar-refractivity contribution < 1.29 is 9.21 Å². The van der Waals surface area contributed by atoms with Crippen LogP contribution in [0.15, 0.2) is 28.7 Å². The molecule has 1 aromatic carbocycles. The fourth-order valence-electron chi connectivity index (χ4n) is 3.65. The molecule has 1 amide bonds. The van der Waals surface area contributed by atoms with Gasteiger partial charge in [0, 0.05) is 41.7 Å². The minimum absolute atomic E-state index is 0. The summed E-state index contributed by atoms with van der Waals surface area (Å²) in [4.78, 5) is 12.9. The number of nitrogens with one attached hydrogen (secondary N) is 3. The Morgan fingerprint density at radius 2 is 2.07 bits per heavy atom. The van der Waals surface area contributed by atoms with E-state index in [-0.39, 0.29) is 30.3 Å². The molecule has 0 bridgehead atoms. The van der Waals surface area contributed by atoms with Crippen molar-refractivity contribution in [3.8, 4) is 0 Å². The smallest absolute Gasteiger partial charge is 0.272 e. The number of para-hydroxylation sites is 1. The summed E-state index contributed by atoms with van der Waals surface area (Å²) in [6, 6.07) is 7.76. The predicted octanol–water partition coefficient (Wildman–Crippen LogP) is 3.66. The van der Waals surface area contributed by atoms with E-state index in [1.807, 2.05) is 31.2 Å². The number of halogens is 1. The van der Waals surface area contributed by atoms with Crippen LogP contribution in [0, 0.1) is 12.8 Å². The molecule has 3 aromatic rings. The molecule has 3 heterocycles. The summed E-state index contributed by atoms with van der Waals surface area (Å²) >= 11 is 0. The minimum atomic E-state index is -0.209. The van der Waals surface area contributed by atoms with Crippen LogP contribution in [-0.2, 0) is 13.0 Å². The van der Waals surface area contributed by atoms with Crippen molar-refractivity contribution in [2.75, 3.05) is 6.54 Å². The molecule has 4 rings (SSSR count). The number of aromatic amines is 1. The molecule has 144 valence electrons. The standard InChI is InChI=1S/C20H24N4O2.ClH/c1-11(2)17(19-12(3)13-6-4-5-7-16(13)26-19)22-20(25)18-14-10-21-9-8-15(14)23-24-18;/h4-7,11,17,21H,8-10H2,1-3H3,(H,22,25)(H,23,24);1H. The number of rotatable bonds is 4. The van der Waals surface area contributed by atoms with E-state index in [1.54, 1.807) is 0 Å². The average Bonchev–Trinajstić information content (AvgIpc) is 3.21. The van der Waals surface area contributed by atoms with E-state index in [1.165, 1.54) is 0 Å². The third kappa shape index (κ3) is 3.47. The van der Waals surface area contributed by atoms with Crippen LogP contribution in [-0.4, -0.2) is 22.6 Å². The van der Waals surface area contributed by atoms with E-state index >= 15 is 0 Å². The Morgan fingerprint density at radius 3 is 2.81 bits per heavy atom. The average molecular weight is 389 g/mol. The SMILES string of the molecule is Cc1c(C(NC(=O)c2n[nH]c3c2CNCC3)C(C)C)oc2ccccc12.Cl. The molecule has 0 saturated carbocycles. The molecular formula is C20H25ClN4O2. The zero-order chi connectivity index (χ0) is 18.3. The molecule has 0 spiro atoms. The summed E-state index contributed by atoms with van der Waals surface area (Å²) in [6.07, 6.45) is 0.867. The summed E-state index contributed by atoms with van der Waals surface area (Å²) in [5.74, 6) is 0.841. The van der Waals surface area contributed by atoms with Crippen LogP contribution in [0.4, 0.5) is 0 Å². The van der Waals surface area contributed by atoms with Gasteiger partial charge in [0.25, 0.3) is 5.91 Å². The van der Waals surface area contributed by atoms with Crippen LogP contribution in [0.3, 0.4) is 0 Å². The number of aryl methyl sites for hydroxylation is 1. The first-order valence-electron chi connectivity index (χ1n) is 9.12. The number of fused-ring (bicyclic) bond motifs is 2. The Balaban J connectivity index is 0.00000210. The number of aromatic nitrogens is 2. The highest BCUT2D eigenvalue weighted by molar-refractivity contribution is 5.94. The largest absolute Gasteiger partial charge is 0.459 e.